The zero-order valence-electron chi connectivity index (χ0n) is 9.20. The molecule has 0 rings (SSSR count). The summed E-state index contributed by atoms with van der Waals surface area (Å²) >= 11 is 0. The van der Waals surface area contributed by atoms with Crippen LogP contribution in [0.1, 0.15) is 20.8 Å². The maximum Gasteiger partial charge on any atom is 0.410 e. The van der Waals surface area contributed by atoms with E-state index in [2.05, 4.69) is 0 Å². The normalized spacial score (nSPS) is 12.4. The van der Waals surface area contributed by atoms with Crippen molar-refractivity contribution in [3.05, 3.63) is 0 Å². The fraction of sp³-hybridized carbons (Fsp3) is 0.778. The number of rotatable bonds is 4. The summed E-state index contributed by atoms with van der Waals surface area (Å²) in [7, 11) is 1.56. The lowest BCUT2D eigenvalue weighted by atomic mass is 10.2. The van der Waals surface area contributed by atoms with Gasteiger partial charge < -0.3 is 15.4 Å². The monoisotopic (exact) mass is 201 g/mol. The fourth-order valence-corrected chi connectivity index (χ4v) is 0.707. The lowest BCUT2D eigenvalue weighted by Crippen LogP contribution is -2.43. The number of nitrogens with zero attached hydrogens (tertiary/aromatic N) is 1. The minimum atomic E-state index is -0.443. The molecule has 0 fully saturated rings. The van der Waals surface area contributed by atoms with Gasteiger partial charge in [-0.3, -0.25) is 5.41 Å². The molecular weight excluding hydrogens is 182 g/mol. The highest BCUT2D eigenvalue weighted by atomic mass is 16.6. The predicted molar refractivity (Wildman–Crippen MR) is 55.3 cm³/mol. The van der Waals surface area contributed by atoms with Crippen LogP contribution in [0.5, 0.6) is 0 Å². The number of ether oxygens (including phenoxy) is 1. The van der Waals surface area contributed by atoms with Crippen molar-refractivity contribution in [2.75, 3.05) is 13.7 Å². The highest BCUT2D eigenvalue weighted by Gasteiger charge is 2.19. The van der Waals surface area contributed by atoms with Crippen molar-refractivity contribution < 1.29 is 9.53 Å². The Balaban J connectivity index is 4.05. The number of likely N-dealkylation sites (N-methyl/N-ethyl adjacent to an activating group) is 1. The summed E-state index contributed by atoms with van der Waals surface area (Å²) in [5, 5.41) is 7.17. The zero-order valence-corrected chi connectivity index (χ0v) is 9.20. The summed E-state index contributed by atoms with van der Waals surface area (Å²) < 4.78 is 4.97. The lowest BCUT2D eigenvalue weighted by Gasteiger charge is -2.23. The standard InChI is InChI=1S/C9H19N3O2/c1-6(2)5-14-9(13)12(4)7(3)8(10)11/h6-7H,5H2,1-4H3,(H3,10,11). The van der Waals surface area contributed by atoms with Crippen molar-refractivity contribution in [3.63, 3.8) is 0 Å². The van der Waals surface area contributed by atoms with Crippen LogP contribution >= 0.6 is 0 Å². The van der Waals surface area contributed by atoms with Crippen LogP contribution in [0.4, 0.5) is 4.79 Å². The van der Waals surface area contributed by atoms with Crippen LogP contribution in [0, 0.1) is 11.3 Å². The molecule has 5 heteroatoms. The molecule has 0 bridgehead atoms. The molecule has 3 N–H and O–H groups in total. The van der Waals surface area contributed by atoms with Crippen LogP contribution in [0.15, 0.2) is 0 Å². The SMILES string of the molecule is CC(C)COC(=O)N(C)C(C)C(=N)N. The largest absolute Gasteiger partial charge is 0.449 e. The fourth-order valence-electron chi connectivity index (χ4n) is 0.707. The molecule has 0 aromatic carbocycles. The third kappa shape index (κ3) is 4.11. The van der Waals surface area contributed by atoms with Gasteiger partial charge in [0.2, 0.25) is 0 Å². The first-order valence-corrected chi connectivity index (χ1v) is 4.59. The van der Waals surface area contributed by atoms with Crippen molar-refractivity contribution >= 4 is 11.9 Å². The second-order valence-electron chi connectivity index (χ2n) is 3.71. The molecule has 82 valence electrons. The van der Waals surface area contributed by atoms with Gasteiger partial charge in [0.15, 0.2) is 0 Å². The molecule has 1 unspecified atom stereocenters. The number of hydrogen-bond acceptors (Lipinski definition) is 3. The van der Waals surface area contributed by atoms with Crippen molar-refractivity contribution in [2.24, 2.45) is 11.7 Å². The van der Waals surface area contributed by atoms with Crippen LogP contribution in [-0.4, -0.2) is 36.5 Å². The quantitative estimate of drug-likeness (QED) is 0.526. The predicted octanol–water partition coefficient (Wildman–Crippen LogP) is 1.04. The highest BCUT2D eigenvalue weighted by Crippen LogP contribution is 2.00. The van der Waals surface area contributed by atoms with E-state index in [0.717, 1.165) is 0 Å². The Morgan fingerprint density at radius 1 is 1.50 bits per heavy atom. The molecule has 14 heavy (non-hydrogen) atoms. The van der Waals surface area contributed by atoms with Crippen LogP contribution in [0.2, 0.25) is 0 Å². The van der Waals surface area contributed by atoms with E-state index in [4.69, 9.17) is 15.9 Å². The van der Waals surface area contributed by atoms with Crippen LogP contribution in [0.3, 0.4) is 0 Å². The van der Waals surface area contributed by atoms with Gasteiger partial charge in [-0.1, -0.05) is 13.8 Å². The van der Waals surface area contributed by atoms with Gasteiger partial charge in [0.1, 0.15) is 5.84 Å². The molecule has 0 aliphatic heterocycles. The Morgan fingerprint density at radius 2 is 2.00 bits per heavy atom. The Bertz CT molecular complexity index is 216. The van der Waals surface area contributed by atoms with Gasteiger partial charge >= 0.3 is 6.09 Å². The maximum absolute atomic E-state index is 11.3. The lowest BCUT2D eigenvalue weighted by molar-refractivity contribution is 0.0964. The molecule has 0 spiro atoms. The summed E-state index contributed by atoms with van der Waals surface area (Å²) in [6, 6.07) is -0.422. The molecule has 0 heterocycles. The first kappa shape index (κ1) is 12.7. The Hall–Kier alpha value is -1.26. The summed E-state index contributed by atoms with van der Waals surface area (Å²) in [5.41, 5.74) is 5.26. The minimum Gasteiger partial charge on any atom is -0.449 e. The molecule has 0 saturated carbocycles. The zero-order chi connectivity index (χ0) is 11.3. The Morgan fingerprint density at radius 3 is 2.36 bits per heavy atom. The molecular formula is C9H19N3O2. The van der Waals surface area contributed by atoms with Gasteiger partial charge in [-0.25, -0.2) is 4.79 Å². The molecule has 5 nitrogen and oxygen atoms in total. The molecule has 0 aliphatic rings. The first-order chi connectivity index (χ1) is 6.36. The molecule has 0 aliphatic carbocycles. The first-order valence-electron chi connectivity index (χ1n) is 4.59. The third-order valence-corrected chi connectivity index (χ3v) is 1.86. The van der Waals surface area contributed by atoms with Crippen LogP contribution in [0.25, 0.3) is 0 Å². The second-order valence-corrected chi connectivity index (χ2v) is 3.71. The van der Waals surface area contributed by atoms with Gasteiger partial charge in [0.25, 0.3) is 0 Å². The third-order valence-electron chi connectivity index (χ3n) is 1.86. The van der Waals surface area contributed by atoms with E-state index in [1.165, 1.54) is 4.90 Å². The minimum absolute atomic E-state index is 0.0472. The Kier molecular flexibility index (Phi) is 4.97. The molecule has 1 amide bonds. The highest BCUT2D eigenvalue weighted by molar-refractivity contribution is 5.85. The molecule has 0 aromatic rings. The van der Waals surface area contributed by atoms with E-state index in [1.807, 2.05) is 13.8 Å². The van der Waals surface area contributed by atoms with E-state index in [0.29, 0.717) is 12.5 Å². The van der Waals surface area contributed by atoms with Crippen molar-refractivity contribution in [1.82, 2.24) is 4.90 Å². The van der Waals surface area contributed by atoms with E-state index in [-0.39, 0.29) is 5.84 Å². The number of amides is 1. The Labute approximate surface area is 84.7 Å². The average molecular weight is 201 g/mol. The number of carbonyl (C=O) groups is 1. The van der Waals surface area contributed by atoms with Crippen molar-refractivity contribution in [1.29, 1.82) is 5.41 Å². The summed E-state index contributed by atoms with van der Waals surface area (Å²) in [6.07, 6.45) is -0.443. The van der Waals surface area contributed by atoms with Gasteiger partial charge in [-0.15, -0.1) is 0 Å². The smallest absolute Gasteiger partial charge is 0.410 e. The van der Waals surface area contributed by atoms with Crippen LogP contribution in [-0.2, 0) is 4.74 Å². The van der Waals surface area contributed by atoms with E-state index >= 15 is 0 Å². The average Bonchev–Trinajstić information content (AvgIpc) is 2.11. The number of carbonyl (C=O) groups excluding carboxylic acids is 1. The number of nitrogens with two attached hydrogens (primary N) is 1. The number of hydrogen-bond donors (Lipinski definition) is 2. The molecule has 0 radical (unpaired) electrons. The summed E-state index contributed by atoms with van der Waals surface area (Å²) in [4.78, 5) is 12.7. The van der Waals surface area contributed by atoms with E-state index in [1.54, 1.807) is 14.0 Å². The maximum atomic E-state index is 11.3. The molecule has 0 saturated heterocycles. The summed E-state index contributed by atoms with van der Waals surface area (Å²) in [6.45, 7) is 5.98. The van der Waals surface area contributed by atoms with Crippen molar-refractivity contribution in [2.45, 2.75) is 26.8 Å². The van der Waals surface area contributed by atoms with Gasteiger partial charge in [0.05, 0.1) is 12.6 Å². The number of amidine groups is 1. The van der Waals surface area contributed by atoms with Gasteiger partial charge in [0, 0.05) is 7.05 Å². The summed E-state index contributed by atoms with van der Waals surface area (Å²) in [5.74, 6) is 0.258. The van der Waals surface area contributed by atoms with Gasteiger partial charge in [-0.05, 0) is 12.8 Å². The van der Waals surface area contributed by atoms with Crippen molar-refractivity contribution in [3.8, 4) is 0 Å². The van der Waals surface area contributed by atoms with E-state index in [9.17, 15) is 4.79 Å². The second kappa shape index (κ2) is 5.47. The van der Waals surface area contributed by atoms with E-state index < -0.39 is 12.1 Å². The molecule has 1 atom stereocenters. The van der Waals surface area contributed by atoms with Gasteiger partial charge in [-0.2, -0.15) is 0 Å². The number of nitrogens with one attached hydrogen (secondary N) is 1. The topological polar surface area (TPSA) is 79.4 Å². The molecule has 0 aromatic heterocycles. The van der Waals surface area contributed by atoms with Crippen LogP contribution < -0.4 is 5.73 Å².